The maximum Gasteiger partial charge on any atom is 0.319 e. The number of fused-ring (bicyclic) bond motifs is 1. The highest BCUT2D eigenvalue weighted by atomic mass is 16.2. The van der Waals surface area contributed by atoms with E-state index in [1.54, 1.807) is 23.3 Å². The van der Waals surface area contributed by atoms with Gasteiger partial charge < -0.3 is 10.6 Å². The number of urea groups is 1. The number of amides is 2. The first-order valence-electron chi connectivity index (χ1n) is 8.74. The monoisotopic (exact) mass is 348 g/mol. The summed E-state index contributed by atoms with van der Waals surface area (Å²) in [7, 11) is 0. The van der Waals surface area contributed by atoms with Crippen LogP contribution in [0.4, 0.5) is 10.5 Å². The average Bonchev–Trinajstić information content (AvgIpc) is 3.15. The second-order valence-electron chi connectivity index (χ2n) is 6.38. The van der Waals surface area contributed by atoms with Crippen LogP contribution in [0.2, 0.25) is 0 Å². The number of hydrogen-bond acceptors (Lipinski definition) is 4. The number of para-hydroxylation sites is 2. The summed E-state index contributed by atoms with van der Waals surface area (Å²) in [5.41, 5.74) is 2.24. The molecule has 1 aliphatic rings. The van der Waals surface area contributed by atoms with E-state index in [1.165, 1.54) is 0 Å². The number of hydrogen-bond donors (Lipinski definition) is 2. The molecule has 0 aliphatic heterocycles. The van der Waals surface area contributed by atoms with E-state index in [9.17, 15) is 4.79 Å². The molecule has 0 spiro atoms. The molecular weight excluding hydrogens is 328 g/mol. The molecule has 3 aromatic rings. The van der Waals surface area contributed by atoms with Gasteiger partial charge in [-0.1, -0.05) is 24.3 Å². The second-order valence-corrected chi connectivity index (χ2v) is 6.38. The number of anilines is 1. The first-order chi connectivity index (χ1) is 12.8. The lowest BCUT2D eigenvalue weighted by Gasteiger charge is -2.18. The van der Waals surface area contributed by atoms with Crippen molar-refractivity contribution in [2.24, 2.45) is 5.92 Å². The van der Waals surface area contributed by atoms with Crippen molar-refractivity contribution in [3.8, 4) is 5.82 Å². The van der Waals surface area contributed by atoms with Gasteiger partial charge in [-0.25, -0.2) is 14.5 Å². The van der Waals surface area contributed by atoms with Crippen LogP contribution in [0.15, 0.2) is 55.0 Å². The fourth-order valence-corrected chi connectivity index (χ4v) is 3.02. The van der Waals surface area contributed by atoms with Crippen molar-refractivity contribution >= 4 is 22.8 Å². The lowest BCUT2D eigenvalue weighted by molar-refractivity contribution is 0.249. The Labute approximate surface area is 151 Å². The summed E-state index contributed by atoms with van der Waals surface area (Å²) in [6, 6.07) is 7.44. The maximum absolute atomic E-state index is 12.1. The fraction of sp³-hybridized carbons (Fsp3) is 0.263. The average molecular weight is 348 g/mol. The van der Waals surface area contributed by atoms with E-state index < -0.39 is 0 Å². The van der Waals surface area contributed by atoms with Crippen molar-refractivity contribution in [3.05, 3.63) is 55.0 Å². The molecule has 26 heavy (non-hydrogen) atoms. The van der Waals surface area contributed by atoms with Gasteiger partial charge in [-0.3, -0.25) is 4.98 Å². The highest BCUT2D eigenvalue weighted by Gasteiger charge is 2.12. The SMILES string of the molecule is O=C(NCC1CC=CCC1)Nc1cnn(-c2cnc3ccccc3n2)c1. The van der Waals surface area contributed by atoms with Gasteiger partial charge in [-0.15, -0.1) is 0 Å². The summed E-state index contributed by atoms with van der Waals surface area (Å²) in [5.74, 6) is 1.12. The summed E-state index contributed by atoms with van der Waals surface area (Å²) < 4.78 is 1.60. The molecule has 7 nitrogen and oxygen atoms in total. The number of carbonyl (C=O) groups is 1. The Kier molecular flexibility index (Phi) is 4.59. The Morgan fingerprint density at radius 3 is 2.92 bits per heavy atom. The predicted octanol–water partition coefficient (Wildman–Crippen LogP) is 3.29. The Balaban J connectivity index is 1.39. The molecule has 1 aromatic carbocycles. The first kappa shape index (κ1) is 16.3. The Hall–Kier alpha value is -3.22. The Morgan fingerprint density at radius 1 is 1.19 bits per heavy atom. The maximum atomic E-state index is 12.1. The third-order valence-corrected chi connectivity index (χ3v) is 4.44. The second kappa shape index (κ2) is 7.35. The van der Waals surface area contributed by atoms with Crippen molar-refractivity contribution in [2.45, 2.75) is 19.3 Å². The molecule has 2 heterocycles. The molecule has 0 saturated heterocycles. The van der Waals surface area contributed by atoms with Gasteiger partial charge in [0.15, 0.2) is 5.82 Å². The Morgan fingerprint density at radius 2 is 2.08 bits per heavy atom. The van der Waals surface area contributed by atoms with Crippen molar-refractivity contribution < 1.29 is 4.79 Å². The van der Waals surface area contributed by atoms with Crippen LogP contribution in [0.3, 0.4) is 0 Å². The van der Waals surface area contributed by atoms with Gasteiger partial charge in [0.25, 0.3) is 0 Å². The summed E-state index contributed by atoms with van der Waals surface area (Å²) in [4.78, 5) is 21.0. The zero-order chi connectivity index (χ0) is 17.8. The standard InChI is InChI=1S/C19H20N6O/c26-19(21-10-14-6-2-1-3-7-14)23-15-11-22-25(13-15)18-12-20-16-8-4-5-9-17(16)24-18/h1-2,4-5,8-9,11-14H,3,6-7,10H2,(H2,21,23,26). The third kappa shape index (κ3) is 3.72. The van der Waals surface area contributed by atoms with Crippen LogP contribution in [0, 0.1) is 5.92 Å². The zero-order valence-electron chi connectivity index (χ0n) is 14.3. The molecule has 0 radical (unpaired) electrons. The van der Waals surface area contributed by atoms with Gasteiger partial charge in [0, 0.05) is 6.54 Å². The molecule has 4 rings (SSSR count). The summed E-state index contributed by atoms with van der Waals surface area (Å²) in [6.45, 7) is 0.681. The van der Waals surface area contributed by atoms with Crippen LogP contribution in [-0.4, -0.2) is 32.3 Å². The molecule has 2 amide bonds. The number of rotatable bonds is 4. The summed E-state index contributed by atoms with van der Waals surface area (Å²) in [5, 5.41) is 9.99. The van der Waals surface area contributed by atoms with Crippen LogP contribution >= 0.6 is 0 Å². The number of benzene rings is 1. The minimum atomic E-state index is -0.219. The Bertz CT molecular complexity index is 948. The number of carbonyl (C=O) groups excluding carboxylic acids is 1. The molecule has 1 atom stereocenters. The van der Waals surface area contributed by atoms with Crippen molar-refractivity contribution in [2.75, 3.05) is 11.9 Å². The van der Waals surface area contributed by atoms with E-state index >= 15 is 0 Å². The van der Waals surface area contributed by atoms with Crippen LogP contribution in [0.5, 0.6) is 0 Å². The molecule has 1 aliphatic carbocycles. The number of nitrogens with zero attached hydrogens (tertiary/aromatic N) is 4. The molecule has 1 unspecified atom stereocenters. The zero-order valence-corrected chi connectivity index (χ0v) is 14.3. The molecule has 7 heteroatoms. The van der Waals surface area contributed by atoms with Gasteiger partial charge in [0.2, 0.25) is 0 Å². The summed E-state index contributed by atoms with van der Waals surface area (Å²) >= 11 is 0. The fourth-order valence-electron chi connectivity index (χ4n) is 3.02. The van der Waals surface area contributed by atoms with E-state index in [2.05, 4.69) is 37.9 Å². The van der Waals surface area contributed by atoms with Gasteiger partial charge in [0.05, 0.1) is 35.3 Å². The van der Waals surface area contributed by atoms with E-state index in [0.717, 1.165) is 30.3 Å². The molecule has 2 N–H and O–H groups in total. The highest BCUT2D eigenvalue weighted by molar-refractivity contribution is 5.88. The largest absolute Gasteiger partial charge is 0.338 e. The van der Waals surface area contributed by atoms with E-state index in [0.29, 0.717) is 24.0 Å². The van der Waals surface area contributed by atoms with Crippen LogP contribution in [0.1, 0.15) is 19.3 Å². The number of nitrogens with one attached hydrogen (secondary N) is 2. The molecule has 132 valence electrons. The predicted molar refractivity (Wildman–Crippen MR) is 100 cm³/mol. The molecular formula is C19H20N6O. The lowest BCUT2D eigenvalue weighted by atomic mass is 9.94. The smallest absolute Gasteiger partial charge is 0.319 e. The third-order valence-electron chi connectivity index (χ3n) is 4.44. The highest BCUT2D eigenvalue weighted by Crippen LogP contribution is 2.17. The molecule has 0 saturated carbocycles. The minimum Gasteiger partial charge on any atom is -0.338 e. The van der Waals surface area contributed by atoms with E-state index in [-0.39, 0.29) is 6.03 Å². The first-order valence-corrected chi connectivity index (χ1v) is 8.74. The van der Waals surface area contributed by atoms with Gasteiger partial charge in [-0.05, 0) is 37.3 Å². The minimum absolute atomic E-state index is 0.219. The van der Waals surface area contributed by atoms with Crippen molar-refractivity contribution in [1.29, 1.82) is 0 Å². The molecule has 2 aromatic heterocycles. The van der Waals surface area contributed by atoms with Crippen LogP contribution < -0.4 is 10.6 Å². The molecule has 0 bridgehead atoms. The van der Waals surface area contributed by atoms with Gasteiger partial charge >= 0.3 is 6.03 Å². The van der Waals surface area contributed by atoms with E-state index in [4.69, 9.17) is 0 Å². The number of aromatic nitrogens is 4. The topological polar surface area (TPSA) is 84.7 Å². The number of allylic oxidation sites excluding steroid dienone is 2. The van der Waals surface area contributed by atoms with Crippen LogP contribution in [0.25, 0.3) is 16.9 Å². The van der Waals surface area contributed by atoms with Crippen molar-refractivity contribution in [1.82, 2.24) is 25.1 Å². The van der Waals surface area contributed by atoms with Crippen molar-refractivity contribution in [3.63, 3.8) is 0 Å². The van der Waals surface area contributed by atoms with Gasteiger partial charge in [0.1, 0.15) is 0 Å². The normalized spacial score (nSPS) is 16.5. The lowest BCUT2D eigenvalue weighted by Crippen LogP contribution is -2.33. The van der Waals surface area contributed by atoms with Gasteiger partial charge in [-0.2, -0.15) is 5.10 Å². The molecule has 0 fully saturated rings. The van der Waals surface area contributed by atoms with Crippen LogP contribution in [-0.2, 0) is 0 Å². The van der Waals surface area contributed by atoms with E-state index in [1.807, 2.05) is 24.3 Å². The quantitative estimate of drug-likeness (QED) is 0.709. The summed E-state index contributed by atoms with van der Waals surface area (Å²) in [6.07, 6.45) is 12.6.